The number of sulfone groups is 1. The molecule has 4 rings (SSSR count). The number of nitrogens with two attached hydrogens (primary N) is 1. The number of anilines is 3. The van der Waals surface area contributed by atoms with Crippen LogP contribution >= 0.6 is 11.6 Å². The van der Waals surface area contributed by atoms with Crippen LogP contribution in [0.3, 0.4) is 0 Å². The number of carbonyl (C=O) groups is 1. The molecule has 0 bridgehead atoms. The largest absolute Gasteiger partial charge is 0.396 e. The summed E-state index contributed by atoms with van der Waals surface area (Å²) in [6.45, 7) is 1.79. The molecule has 9 heteroatoms. The van der Waals surface area contributed by atoms with Crippen molar-refractivity contribution in [2.24, 2.45) is 0 Å². The summed E-state index contributed by atoms with van der Waals surface area (Å²) >= 11 is 6.03. The summed E-state index contributed by atoms with van der Waals surface area (Å²) in [5.74, 6) is -0.337. The van der Waals surface area contributed by atoms with Crippen molar-refractivity contribution in [2.45, 2.75) is 11.8 Å². The highest BCUT2D eigenvalue weighted by Gasteiger charge is 2.34. The number of hydrogen-bond donors (Lipinski definition) is 1. The van der Waals surface area contributed by atoms with Crippen molar-refractivity contribution in [2.75, 3.05) is 16.9 Å². The van der Waals surface area contributed by atoms with Gasteiger partial charge in [0.1, 0.15) is 0 Å². The molecular weight excluding hydrogens is 448 g/mol. The van der Waals surface area contributed by atoms with E-state index in [1.165, 1.54) is 17.0 Å². The van der Waals surface area contributed by atoms with Crippen LogP contribution in [0.5, 0.6) is 0 Å². The molecule has 0 unspecified atom stereocenters. The van der Waals surface area contributed by atoms with Crippen LogP contribution in [-0.4, -0.2) is 25.6 Å². The molecule has 1 aliphatic heterocycles. The second-order valence-corrected chi connectivity index (χ2v) is 9.75. The molecule has 0 aliphatic carbocycles. The van der Waals surface area contributed by atoms with E-state index in [2.05, 4.69) is 11.1 Å². The number of hydrogen-bond acceptors (Lipinski definition) is 6. The summed E-state index contributed by atoms with van der Waals surface area (Å²) in [5.41, 5.74) is 9.63. The Balaban J connectivity index is 1.90. The summed E-state index contributed by atoms with van der Waals surface area (Å²) in [6, 6.07) is 14.9. The Bertz CT molecular complexity index is 1460. The fraction of sp³-hybridized carbons (Fsp3) is 0.0870. The summed E-state index contributed by atoms with van der Waals surface area (Å²) in [5, 5.41) is 9.60. The number of carbonyl (C=O) groups excluding carboxylic acids is 1. The fourth-order valence-electron chi connectivity index (χ4n) is 3.48. The van der Waals surface area contributed by atoms with Crippen LogP contribution in [0.2, 0.25) is 5.15 Å². The van der Waals surface area contributed by atoms with Gasteiger partial charge in [-0.15, -0.1) is 0 Å². The SMILES string of the molecule is Cc1cc2c(cc1C#N)/C(=C/c1ccc(N)c(Cl)n1)C(=O)N2c1ccc(S(C)(=O)=O)cc1. The van der Waals surface area contributed by atoms with E-state index in [4.69, 9.17) is 17.3 Å². The maximum Gasteiger partial charge on any atom is 0.263 e. The number of benzene rings is 2. The minimum atomic E-state index is -3.37. The number of halogens is 1. The summed E-state index contributed by atoms with van der Waals surface area (Å²) in [7, 11) is -3.37. The molecule has 0 fully saturated rings. The Hall–Kier alpha value is -3.67. The Morgan fingerprint density at radius 1 is 1.16 bits per heavy atom. The van der Waals surface area contributed by atoms with E-state index in [1.54, 1.807) is 49.4 Å². The van der Waals surface area contributed by atoms with E-state index in [1.807, 2.05) is 0 Å². The number of nitriles is 1. The first kappa shape index (κ1) is 21.6. The lowest BCUT2D eigenvalue weighted by Crippen LogP contribution is -2.20. The van der Waals surface area contributed by atoms with E-state index < -0.39 is 9.84 Å². The normalized spacial score (nSPS) is 14.5. The highest BCUT2D eigenvalue weighted by atomic mass is 35.5. The summed E-state index contributed by atoms with van der Waals surface area (Å²) in [6.07, 6.45) is 2.71. The van der Waals surface area contributed by atoms with E-state index in [9.17, 15) is 18.5 Å². The van der Waals surface area contributed by atoms with Crippen molar-refractivity contribution in [1.82, 2.24) is 4.98 Å². The third-order valence-corrected chi connectivity index (χ3v) is 6.57. The quantitative estimate of drug-likeness (QED) is 0.460. The average Bonchev–Trinajstić information content (AvgIpc) is 3.00. The van der Waals surface area contributed by atoms with Gasteiger partial charge in [-0.1, -0.05) is 11.6 Å². The maximum atomic E-state index is 13.5. The number of amides is 1. The topological polar surface area (TPSA) is 117 Å². The minimum absolute atomic E-state index is 0.125. The van der Waals surface area contributed by atoms with Gasteiger partial charge in [-0.2, -0.15) is 5.26 Å². The number of aromatic nitrogens is 1. The van der Waals surface area contributed by atoms with Crippen LogP contribution in [0.1, 0.15) is 22.4 Å². The lowest BCUT2D eigenvalue weighted by atomic mass is 10.00. The van der Waals surface area contributed by atoms with Crippen molar-refractivity contribution in [3.05, 3.63) is 76.1 Å². The number of nitrogens with zero attached hydrogens (tertiary/aromatic N) is 3. The van der Waals surface area contributed by atoms with E-state index in [-0.39, 0.29) is 16.0 Å². The van der Waals surface area contributed by atoms with Crippen LogP contribution in [0.15, 0.2) is 53.4 Å². The first-order chi connectivity index (χ1) is 15.1. The molecular formula is C23H17ClN4O3S. The van der Waals surface area contributed by atoms with Gasteiger partial charge in [0.2, 0.25) is 0 Å². The lowest BCUT2D eigenvalue weighted by molar-refractivity contribution is -0.112. The van der Waals surface area contributed by atoms with E-state index in [0.29, 0.717) is 45.0 Å². The molecule has 2 aromatic carbocycles. The molecule has 160 valence electrons. The van der Waals surface area contributed by atoms with Crippen molar-refractivity contribution in [3.8, 4) is 6.07 Å². The van der Waals surface area contributed by atoms with Gasteiger partial charge < -0.3 is 5.73 Å². The highest BCUT2D eigenvalue weighted by Crippen LogP contribution is 2.43. The summed E-state index contributed by atoms with van der Waals surface area (Å²) in [4.78, 5) is 19.3. The molecule has 0 saturated carbocycles. The molecule has 3 aromatic rings. The molecule has 32 heavy (non-hydrogen) atoms. The zero-order chi connectivity index (χ0) is 23.2. The second kappa shape index (κ2) is 7.79. The number of pyridine rings is 1. The van der Waals surface area contributed by atoms with Gasteiger partial charge in [0.05, 0.1) is 39.2 Å². The maximum absolute atomic E-state index is 13.5. The first-order valence-electron chi connectivity index (χ1n) is 9.43. The second-order valence-electron chi connectivity index (χ2n) is 7.38. The van der Waals surface area contributed by atoms with Gasteiger partial charge >= 0.3 is 0 Å². The zero-order valence-electron chi connectivity index (χ0n) is 17.1. The van der Waals surface area contributed by atoms with Gasteiger partial charge in [0.15, 0.2) is 15.0 Å². The number of fused-ring (bicyclic) bond motifs is 1. The average molecular weight is 465 g/mol. The molecule has 0 atom stereocenters. The number of aryl methyl sites for hydroxylation is 1. The van der Waals surface area contributed by atoms with Crippen molar-refractivity contribution in [3.63, 3.8) is 0 Å². The Morgan fingerprint density at radius 3 is 2.44 bits per heavy atom. The van der Waals surface area contributed by atoms with Crippen LogP contribution in [-0.2, 0) is 14.6 Å². The highest BCUT2D eigenvalue weighted by molar-refractivity contribution is 7.90. The van der Waals surface area contributed by atoms with Crippen LogP contribution in [0.4, 0.5) is 17.1 Å². The molecule has 7 nitrogen and oxygen atoms in total. The molecule has 1 amide bonds. The van der Waals surface area contributed by atoms with Gasteiger partial charge in [-0.05, 0) is 67.1 Å². The molecule has 0 spiro atoms. The predicted octanol–water partition coefficient (Wildman–Crippen LogP) is 4.12. The Morgan fingerprint density at radius 2 is 1.84 bits per heavy atom. The van der Waals surface area contributed by atoms with E-state index in [0.717, 1.165) is 6.26 Å². The zero-order valence-corrected chi connectivity index (χ0v) is 18.7. The smallest absolute Gasteiger partial charge is 0.263 e. The van der Waals surface area contributed by atoms with Crippen LogP contribution < -0.4 is 10.6 Å². The van der Waals surface area contributed by atoms with Gasteiger partial charge in [0, 0.05) is 17.5 Å². The Labute approximate surface area is 190 Å². The molecule has 1 aromatic heterocycles. The van der Waals surface area contributed by atoms with E-state index >= 15 is 0 Å². The molecule has 2 heterocycles. The van der Waals surface area contributed by atoms with Crippen LogP contribution in [0.25, 0.3) is 11.6 Å². The number of rotatable bonds is 3. The fourth-order valence-corrected chi connectivity index (χ4v) is 4.28. The minimum Gasteiger partial charge on any atom is -0.396 e. The van der Waals surface area contributed by atoms with Crippen molar-refractivity contribution >= 4 is 56.1 Å². The molecule has 2 N–H and O–H groups in total. The molecule has 0 radical (unpaired) electrons. The van der Waals surface area contributed by atoms with Gasteiger partial charge in [-0.25, -0.2) is 13.4 Å². The van der Waals surface area contributed by atoms with Crippen LogP contribution in [0, 0.1) is 18.3 Å². The van der Waals surface area contributed by atoms with Crippen molar-refractivity contribution in [1.29, 1.82) is 5.26 Å². The van der Waals surface area contributed by atoms with Crippen molar-refractivity contribution < 1.29 is 13.2 Å². The first-order valence-corrected chi connectivity index (χ1v) is 11.7. The predicted molar refractivity (Wildman–Crippen MR) is 124 cm³/mol. The number of nitrogen functional groups attached to an aromatic ring is 1. The third-order valence-electron chi connectivity index (χ3n) is 5.14. The molecule has 1 aliphatic rings. The third kappa shape index (κ3) is 3.73. The molecule has 0 saturated heterocycles. The standard InChI is InChI=1S/C23H17ClN4O3S/c1-13-9-21-18(10-14(13)12-25)19(11-15-3-8-20(26)22(24)27-15)23(29)28(21)16-4-6-17(7-5-16)32(2,30)31/h3-11H,26H2,1-2H3/b19-11-. The van der Waals surface area contributed by atoms with Gasteiger partial charge in [0.25, 0.3) is 5.91 Å². The lowest BCUT2D eigenvalue weighted by Gasteiger charge is -2.18. The summed E-state index contributed by atoms with van der Waals surface area (Å²) < 4.78 is 23.6. The Kier molecular flexibility index (Phi) is 5.25. The van der Waals surface area contributed by atoms with Gasteiger partial charge in [-0.3, -0.25) is 9.69 Å². The monoisotopic (exact) mass is 464 g/mol.